The van der Waals surface area contributed by atoms with Gasteiger partial charge in [-0.1, -0.05) is 30.3 Å². The lowest BCUT2D eigenvalue weighted by Gasteiger charge is -2.09. The maximum absolute atomic E-state index is 13.4. The van der Waals surface area contributed by atoms with Gasteiger partial charge in [0.15, 0.2) is 0 Å². The van der Waals surface area contributed by atoms with Gasteiger partial charge in [0.25, 0.3) is 0 Å². The summed E-state index contributed by atoms with van der Waals surface area (Å²) in [5.74, 6) is -1.06. The number of aromatic nitrogens is 2. The van der Waals surface area contributed by atoms with Gasteiger partial charge in [0.05, 0.1) is 17.9 Å². The Balaban J connectivity index is 1.43. The van der Waals surface area contributed by atoms with Gasteiger partial charge in [-0.3, -0.25) is 0 Å². The second-order valence-corrected chi connectivity index (χ2v) is 5.48. The first-order valence-electron chi connectivity index (χ1n) is 8.14. The topological polar surface area (TPSA) is 76.1 Å². The molecule has 0 aliphatic carbocycles. The number of urea groups is 1. The summed E-state index contributed by atoms with van der Waals surface area (Å²) in [6.07, 6.45) is 0. The van der Waals surface area contributed by atoms with Crippen LogP contribution in [-0.2, 0) is 0 Å². The molecule has 1 aromatic heterocycles. The van der Waals surface area contributed by atoms with Gasteiger partial charge in [0, 0.05) is 17.7 Å². The molecule has 0 fully saturated rings. The van der Waals surface area contributed by atoms with Gasteiger partial charge >= 0.3 is 6.03 Å². The molecule has 0 aliphatic heterocycles. The summed E-state index contributed by atoms with van der Waals surface area (Å²) in [5.41, 5.74) is 1.42. The zero-order valence-corrected chi connectivity index (χ0v) is 14.2. The number of carbonyl (C=O) groups is 1. The summed E-state index contributed by atoms with van der Waals surface area (Å²) in [6.45, 7) is 0.281. The van der Waals surface area contributed by atoms with Crippen molar-refractivity contribution in [3.63, 3.8) is 0 Å². The fourth-order valence-electron chi connectivity index (χ4n) is 2.24. The predicted molar refractivity (Wildman–Crippen MR) is 96.3 cm³/mol. The number of anilines is 1. The largest absolute Gasteiger partial charge is 0.475 e. The van der Waals surface area contributed by atoms with Crippen LogP contribution >= 0.6 is 0 Å². The van der Waals surface area contributed by atoms with E-state index in [9.17, 15) is 13.6 Å². The number of rotatable bonds is 6. The number of benzene rings is 2. The molecule has 0 unspecified atom stereocenters. The molecule has 3 aromatic rings. The Morgan fingerprint density at radius 3 is 2.56 bits per heavy atom. The maximum atomic E-state index is 13.4. The minimum absolute atomic E-state index is 0.137. The summed E-state index contributed by atoms with van der Waals surface area (Å²) >= 11 is 0. The van der Waals surface area contributed by atoms with Crippen molar-refractivity contribution in [2.45, 2.75) is 0 Å². The molecule has 2 aromatic carbocycles. The Kier molecular flexibility index (Phi) is 5.88. The Bertz CT molecular complexity index is 905. The maximum Gasteiger partial charge on any atom is 0.319 e. The SMILES string of the molecule is O=C(NCCOc1ccc(-c2ccccc2)nn1)Nc1cc(F)ccc1F. The van der Waals surface area contributed by atoms with Crippen molar-refractivity contribution in [1.29, 1.82) is 0 Å². The van der Waals surface area contributed by atoms with E-state index in [2.05, 4.69) is 20.8 Å². The zero-order valence-electron chi connectivity index (χ0n) is 14.2. The summed E-state index contributed by atoms with van der Waals surface area (Å²) in [4.78, 5) is 11.7. The molecule has 0 saturated carbocycles. The van der Waals surface area contributed by atoms with Crippen LogP contribution in [0.15, 0.2) is 60.7 Å². The summed E-state index contributed by atoms with van der Waals surface area (Å²) in [7, 11) is 0. The number of nitrogens with zero attached hydrogens (tertiary/aromatic N) is 2. The molecule has 0 bridgehead atoms. The highest BCUT2D eigenvalue weighted by atomic mass is 19.1. The molecule has 3 rings (SSSR count). The van der Waals surface area contributed by atoms with E-state index in [-0.39, 0.29) is 18.8 Å². The average Bonchev–Trinajstić information content (AvgIpc) is 2.69. The first kappa shape index (κ1) is 18.2. The van der Waals surface area contributed by atoms with Crippen LogP contribution in [0.25, 0.3) is 11.3 Å². The van der Waals surface area contributed by atoms with Gasteiger partial charge in [-0.25, -0.2) is 13.6 Å². The lowest BCUT2D eigenvalue weighted by atomic mass is 10.1. The quantitative estimate of drug-likeness (QED) is 0.650. The summed E-state index contributed by atoms with van der Waals surface area (Å²) < 4.78 is 31.9. The molecule has 2 N–H and O–H groups in total. The highest BCUT2D eigenvalue weighted by Gasteiger charge is 2.08. The number of halogens is 2. The Morgan fingerprint density at radius 1 is 1.00 bits per heavy atom. The van der Waals surface area contributed by atoms with Crippen LogP contribution in [0.3, 0.4) is 0 Å². The second-order valence-electron chi connectivity index (χ2n) is 5.48. The van der Waals surface area contributed by atoms with Crippen molar-refractivity contribution in [3.05, 3.63) is 72.3 Å². The minimum atomic E-state index is -0.725. The van der Waals surface area contributed by atoms with Crippen molar-refractivity contribution < 1.29 is 18.3 Å². The molecule has 138 valence electrons. The highest BCUT2D eigenvalue weighted by molar-refractivity contribution is 5.89. The number of hydrogen-bond acceptors (Lipinski definition) is 4. The van der Waals surface area contributed by atoms with E-state index in [1.165, 1.54) is 0 Å². The molecule has 0 spiro atoms. The van der Waals surface area contributed by atoms with Crippen LogP contribution in [0.4, 0.5) is 19.3 Å². The van der Waals surface area contributed by atoms with Crippen molar-refractivity contribution >= 4 is 11.7 Å². The lowest BCUT2D eigenvalue weighted by molar-refractivity contribution is 0.246. The van der Waals surface area contributed by atoms with Gasteiger partial charge in [0.1, 0.15) is 18.2 Å². The van der Waals surface area contributed by atoms with Crippen molar-refractivity contribution in [2.75, 3.05) is 18.5 Å². The molecule has 27 heavy (non-hydrogen) atoms. The fourth-order valence-corrected chi connectivity index (χ4v) is 2.24. The summed E-state index contributed by atoms with van der Waals surface area (Å²) in [6, 6.07) is 15.2. The summed E-state index contributed by atoms with van der Waals surface area (Å²) in [5, 5.41) is 12.8. The average molecular weight is 370 g/mol. The molecular weight excluding hydrogens is 354 g/mol. The van der Waals surface area contributed by atoms with Gasteiger partial charge in [-0.05, 0) is 18.2 Å². The zero-order chi connectivity index (χ0) is 19.1. The molecule has 0 radical (unpaired) electrons. The molecule has 6 nitrogen and oxygen atoms in total. The number of carbonyl (C=O) groups excluding carboxylic acids is 1. The van der Waals surface area contributed by atoms with Crippen LogP contribution < -0.4 is 15.4 Å². The number of nitrogens with one attached hydrogen (secondary N) is 2. The van der Waals surface area contributed by atoms with E-state index in [0.717, 1.165) is 29.5 Å². The molecule has 0 saturated heterocycles. The van der Waals surface area contributed by atoms with Crippen LogP contribution in [0.5, 0.6) is 5.88 Å². The monoisotopic (exact) mass is 370 g/mol. The first-order chi connectivity index (χ1) is 13.1. The van der Waals surface area contributed by atoms with E-state index in [1.807, 2.05) is 30.3 Å². The van der Waals surface area contributed by atoms with Gasteiger partial charge < -0.3 is 15.4 Å². The minimum Gasteiger partial charge on any atom is -0.475 e. The van der Waals surface area contributed by atoms with Gasteiger partial charge in [0.2, 0.25) is 5.88 Å². The smallest absolute Gasteiger partial charge is 0.319 e. The third-order valence-electron chi connectivity index (χ3n) is 3.52. The van der Waals surface area contributed by atoms with E-state index in [1.54, 1.807) is 12.1 Å². The molecule has 2 amide bonds. The van der Waals surface area contributed by atoms with Crippen molar-refractivity contribution in [3.8, 4) is 17.1 Å². The third kappa shape index (κ3) is 5.21. The van der Waals surface area contributed by atoms with E-state index < -0.39 is 17.7 Å². The van der Waals surface area contributed by atoms with Crippen molar-refractivity contribution in [1.82, 2.24) is 15.5 Å². The molecule has 1 heterocycles. The van der Waals surface area contributed by atoms with E-state index in [0.29, 0.717) is 5.88 Å². The number of ether oxygens (including phenoxy) is 1. The van der Waals surface area contributed by atoms with Crippen LogP contribution in [0.1, 0.15) is 0 Å². The Labute approximate surface area is 154 Å². The number of hydrogen-bond donors (Lipinski definition) is 2. The van der Waals surface area contributed by atoms with Crippen LogP contribution in [0.2, 0.25) is 0 Å². The van der Waals surface area contributed by atoms with Gasteiger partial charge in [-0.2, -0.15) is 0 Å². The predicted octanol–water partition coefficient (Wildman–Crippen LogP) is 3.62. The standard InChI is InChI=1S/C19H16F2N4O2/c20-14-6-7-15(21)17(12-14)23-19(26)22-10-11-27-18-9-8-16(24-25-18)13-4-2-1-3-5-13/h1-9,12H,10-11H2,(H2,22,23,26). The lowest BCUT2D eigenvalue weighted by Crippen LogP contribution is -2.32. The van der Waals surface area contributed by atoms with Crippen molar-refractivity contribution in [2.24, 2.45) is 0 Å². The van der Waals surface area contributed by atoms with E-state index >= 15 is 0 Å². The Hall–Kier alpha value is -3.55. The second kappa shape index (κ2) is 8.70. The molecule has 8 heteroatoms. The molecule has 0 atom stereocenters. The first-order valence-corrected chi connectivity index (χ1v) is 8.14. The van der Waals surface area contributed by atoms with Gasteiger partial charge in [-0.15, -0.1) is 10.2 Å². The van der Waals surface area contributed by atoms with E-state index in [4.69, 9.17) is 4.74 Å². The number of amides is 2. The van der Waals surface area contributed by atoms with Crippen LogP contribution in [0, 0.1) is 11.6 Å². The van der Waals surface area contributed by atoms with Crippen LogP contribution in [-0.4, -0.2) is 29.4 Å². The Morgan fingerprint density at radius 2 is 1.81 bits per heavy atom. The molecular formula is C19H16F2N4O2. The fraction of sp³-hybridized carbons (Fsp3) is 0.105. The molecule has 0 aliphatic rings. The highest BCUT2D eigenvalue weighted by Crippen LogP contribution is 2.17. The third-order valence-corrected chi connectivity index (χ3v) is 3.52. The normalized spacial score (nSPS) is 10.3.